The second kappa shape index (κ2) is 9.22. The van der Waals surface area contributed by atoms with Gasteiger partial charge in [0.2, 0.25) is 0 Å². The maximum atomic E-state index is 12.9. The van der Waals surface area contributed by atoms with Crippen molar-refractivity contribution < 1.29 is 19.4 Å². The van der Waals surface area contributed by atoms with Crippen LogP contribution in [0.1, 0.15) is 65.6 Å². The van der Waals surface area contributed by atoms with Gasteiger partial charge in [-0.25, -0.2) is 4.79 Å². The van der Waals surface area contributed by atoms with E-state index in [1.807, 2.05) is 0 Å². The van der Waals surface area contributed by atoms with E-state index < -0.39 is 12.0 Å². The first-order chi connectivity index (χ1) is 13.1. The number of carbonyl (C=O) groups excluding carboxylic acids is 1. The van der Waals surface area contributed by atoms with Crippen LogP contribution < -0.4 is 5.32 Å². The molecule has 0 aromatic heterocycles. The van der Waals surface area contributed by atoms with Gasteiger partial charge in [-0.1, -0.05) is 56.6 Å². The van der Waals surface area contributed by atoms with E-state index in [0.717, 1.165) is 5.56 Å². The summed E-state index contributed by atoms with van der Waals surface area (Å²) >= 11 is 6.09. The lowest BCUT2D eigenvalue weighted by molar-refractivity contribution is 0.0591. The Morgan fingerprint density at radius 1 is 1.14 bits per heavy atom. The number of ether oxygens (including phenoxy) is 1. The predicted octanol–water partition coefficient (Wildman–Crippen LogP) is 5.09. The molecule has 0 spiro atoms. The molecule has 6 heteroatoms. The first-order valence-corrected chi connectivity index (χ1v) is 9.45. The third kappa shape index (κ3) is 6.08. The van der Waals surface area contributed by atoms with Crippen LogP contribution in [0.3, 0.4) is 0 Å². The summed E-state index contributed by atoms with van der Waals surface area (Å²) < 4.78 is 5.75. The molecular weight excluding hydrogens is 378 g/mol. The van der Waals surface area contributed by atoms with Crippen molar-refractivity contribution in [3.63, 3.8) is 0 Å². The lowest BCUT2D eigenvalue weighted by atomic mass is 9.98. The average molecular weight is 404 g/mol. The maximum Gasteiger partial charge on any atom is 0.336 e. The zero-order chi connectivity index (χ0) is 20.9. The Labute approximate surface area is 170 Å². The van der Waals surface area contributed by atoms with E-state index in [9.17, 15) is 14.7 Å². The van der Waals surface area contributed by atoms with E-state index in [-0.39, 0.29) is 23.5 Å². The summed E-state index contributed by atoms with van der Waals surface area (Å²) in [6, 6.07) is 11.2. The van der Waals surface area contributed by atoms with Crippen LogP contribution in [0.25, 0.3) is 0 Å². The zero-order valence-corrected chi connectivity index (χ0v) is 17.3. The van der Waals surface area contributed by atoms with Gasteiger partial charge in [0.05, 0.1) is 24.8 Å². The fraction of sp³-hybridized carbons (Fsp3) is 0.364. The molecule has 0 aliphatic rings. The SMILES string of the molecule is C[C@H](NC(=O)c1cc(Cl)ccc1COCC(C)(C)C)c1ccccc1C(=O)O. The first-order valence-electron chi connectivity index (χ1n) is 9.08. The second-order valence-corrected chi connectivity index (χ2v) is 8.38. The molecule has 28 heavy (non-hydrogen) atoms. The van der Waals surface area contributed by atoms with Crippen LogP contribution in [0, 0.1) is 5.41 Å². The largest absolute Gasteiger partial charge is 0.478 e. The average Bonchev–Trinajstić information content (AvgIpc) is 2.61. The molecule has 0 heterocycles. The summed E-state index contributed by atoms with van der Waals surface area (Å²) in [5.74, 6) is -1.36. The zero-order valence-electron chi connectivity index (χ0n) is 16.6. The molecule has 5 nitrogen and oxygen atoms in total. The molecule has 2 rings (SSSR count). The van der Waals surface area contributed by atoms with Gasteiger partial charge >= 0.3 is 5.97 Å². The number of benzene rings is 2. The molecule has 2 N–H and O–H groups in total. The molecule has 150 valence electrons. The highest BCUT2D eigenvalue weighted by molar-refractivity contribution is 6.31. The Balaban J connectivity index is 2.19. The van der Waals surface area contributed by atoms with Crippen LogP contribution in [0.5, 0.6) is 0 Å². The number of carbonyl (C=O) groups is 2. The van der Waals surface area contributed by atoms with E-state index in [1.54, 1.807) is 43.3 Å². The molecule has 0 saturated carbocycles. The van der Waals surface area contributed by atoms with Crippen molar-refractivity contribution in [3.8, 4) is 0 Å². The molecule has 2 aromatic carbocycles. The summed E-state index contributed by atoms with van der Waals surface area (Å²) in [7, 11) is 0. The van der Waals surface area contributed by atoms with E-state index in [1.165, 1.54) is 6.07 Å². The van der Waals surface area contributed by atoms with E-state index in [0.29, 0.717) is 22.8 Å². The molecule has 0 aliphatic heterocycles. The van der Waals surface area contributed by atoms with Crippen molar-refractivity contribution in [2.75, 3.05) is 6.61 Å². The van der Waals surface area contributed by atoms with E-state index >= 15 is 0 Å². The second-order valence-electron chi connectivity index (χ2n) is 7.94. The summed E-state index contributed by atoms with van der Waals surface area (Å²) in [6.07, 6.45) is 0. The fourth-order valence-electron chi connectivity index (χ4n) is 2.77. The molecule has 0 aliphatic carbocycles. The van der Waals surface area contributed by atoms with E-state index in [2.05, 4.69) is 26.1 Å². The highest BCUT2D eigenvalue weighted by atomic mass is 35.5. The molecule has 1 atom stereocenters. The van der Waals surface area contributed by atoms with Crippen molar-refractivity contribution in [1.29, 1.82) is 0 Å². The normalized spacial score (nSPS) is 12.5. The van der Waals surface area contributed by atoms with Gasteiger partial charge in [0, 0.05) is 10.6 Å². The number of rotatable bonds is 7. The lowest BCUT2D eigenvalue weighted by Crippen LogP contribution is -2.29. The Morgan fingerprint density at radius 2 is 1.82 bits per heavy atom. The van der Waals surface area contributed by atoms with Crippen LogP contribution in [-0.4, -0.2) is 23.6 Å². The third-order valence-corrected chi connectivity index (χ3v) is 4.35. The van der Waals surface area contributed by atoms with Crippen molar-refractivity contribution in [2.45, 2.75) is 40.3 Å². The maximum absolute atomic E-state index is 12.9. The fourth-order valence-corrected chi connectivity index (χ4v) is 2.95. The topological polar surface area (TPSA) is 75.6 Å². The lowest BCUT2D eigenvalue weighted by Gasteiger charge is -2.20. The number of hydrogen-bond donors (Lipinski definition) is 2. The third-order valence-electron chi connectivity index (χ3n) is 4.11. The number of halogens is 1. The first kappa shape index (κ1) is 21.9. The van der Waals surface area contributed by atoms with Crippen molar-refractivity contribution in [2.24, 2.45) is 5.41 Å². The van der Waals surface area contributed by atoms with Gasteiger partial charge in [-0.15, -0.1) is 0 Å². The molecule has 0 fully saturated rings. The Hall–Kier alpha value is -2.37. The summed E-state index contributed by atoms with van der Waals surface area (Å²) in [5, 5.41) is 12.7. The van der Waals surface area contributed by atoms with Crippen LogP contribution >= 0.6 is 11.6 Å². The highest BCUT2D eigenvalue weighted by Crippen LogP contribution is 2.22. The van der Waals surface area contributed by atoms with Crippen LogP contribution in [-0.2, 0) is 11.3 Å². The minimum absolute atomic E-state index is 0.0178. The predicted molar refractivity (Wildman–Crippen MR) is 110 cm³/mol. The van der Waals surface area contributed by atoms with Crippen molar-refractivity contribution in [3.05, 3.63) is 69.7 Å². The molecule has 0 bridgehead atoms. The molecule has 0 unspecified atom stereocenters. The minimum atomic E-state index is -1.03. The van der Waals surface area contributed by atoms with Crippen LogP contribution in [0.15, 0.2) is 42.5 Å². The standard InChI is InChI=1S/C22H26ClNO4/c1-14(17-7-5-6-8-18(17)21(26)27)24-20(25)19-11-16(23)10-9-15(19)12-28-13-22(2,3)4/h5-11,14H,12-13H2,1-4H3,(H,24,25)(H,26,27)/t14-/m0/s1. The van der Waals surface area contributed by atoms with Crippen molar-refractivity contribution in [1.82, 2.24) is 5.32 Å². The number of nitrogens with one attached hydrogen (secondary N) is 1. The summed E-state index contributed by atoms with van der Waals surface area (Å²) in [4.78, 5) is 24.3. The van der Waals surface area contributed by atoms with Crippen LogP contribution in [0.2, 0.25) is 5.02 Å². The number of carboxylic acid groups (broad SMARTS) is 1. The van der Waals surface area contributed by atoms with Crippen LogP contribution in [0.4, 0.5) is 0 Å². The summed E-state index contributed by atoms with van der Waals surface area (Å²) in [6.45, 7) is 8.81. The van der Waals surface area contributed by atoms with Gasteiger partial charge in [-0.05, 0) is 41.7 Å². The smallest absolute Gasteiger partial charge is 0.336 e. The molecule has 1 amide bonds. The Morgan fingerprint density at radius 3 is 2.46 bits per heavy atom. The quantitative estimate of drug-likeness (QED) is 0.674. The Kier molecular flexibility index (Phi) is 7.22. The van der Waals surface area contributed by atoms with Gasteiger partial charge in [0.1, 0.15) is 0 Å². The van der Waals surface area contributed by atoms with Gasteiger partial charge < -0.3 is 15.2 Å². The van der Waals surface area contributed by atoms with Gasteiger partial charge in [0.25, 0.3) is 5.91 Å². The molecule has 0 radical (unpaired) electrons. The van der Waals surface area contributed by atoms with Gasteiger partial charge in [-0.2, -0.15) is 0 Å². The number of amides is 1. The summed E-state index contributed by atoms with van der Waals surface area (Å²) in [5.41, 5.74) is 1.86. The molecule has 0 saturated heterocycles. The number of carboxylic acids is 1. The molecule has 2 aromatic rings. The highest BCUT2D eigenvalue weighted by Gasteiger charge is 2.20. The monoisotopic (exact) mass is 403 g/mol. The van der Waals surface area contributed by atoms with Gasteiger partial charge in [-0.3, -0.25) is 4.79 Å². The van der Waals surface area contributed by atoms with Crippen molar-refractivity contribution >= 4 is 23.5 Å². The Bertz CT molecular complexity index is 858. The van der Waals surface area contributed by atoms with Gasteiger partial charge in [0.15, 0.2) is 0 Å². The molecular formula is C22H26ClNO4. The van der Waals surface area contributed by atoms with E-state index in [4.69, 9.17) is 16.3 Å². The minimum Gasteiger partial charge on any atom is -0.478 e. The number of aromatic carboxylic acids is 1. The number of hydrogen-bond acceptors (Lipinski definition) is 3.